The van der Waals surface area contributed by atoms with Gasteiger partial charge in [0.15, 0.2) is 0 Å². The normalized spacial score (nSPS) is 15.2. The van der Waals surface area contributed by atoms with E-state index in [2.05, 4.69) is 26.1 Å². The average Bonchev–Trinajstić information content (AvgIpc) is 3.04. The standard InChI is InChI=1S/C15H17BrN4O2/c1-2-13-17-18-15(22-13)20-9-7-19(8-10-20)14(21)11-3-5-12(16)6-4-11/h3-6H,2,7-10H2,1H3. The lowest BCUT2D eigenvalue weighted by Gasteiger charge is -2.33. The molecule has 1 aliphatic rings. The molecule has 0 atom stereocenters. The largest absolute Gasteiger partial charge is 0.408 e. The average molecular weight is 365 g/mol. The lowest BCUT2D eigenvalue weighted by Crippen LogP contribution is -2.48. The third-order valence-electron chi connectivity index (χ3n) is 3.69. The molecular formula is C15H17BrN4O2. The minimum absolute atomic E-state index is 0.0620. The SMILES string of the molecule is CCc1nnc(N2CCN(C(=O)c3ccc(Br)cc3)CC2)o1. The van der Waals surface area contributed by atoms with Crippen molar-refractivity contribution in [3.63, 3.8) is 0 Å². The van der Waals surface area contributed by atoms with E-state index in [-0.39, 0.29) is 5.91 Å². The smallest absolute Gasteiger partial charge is 0.318 e. The first kappa shape index (κ1) is 15.0. The Hall–Kier alpha value is -1.89. The van der Waals surface area contributed by atoms with Crippen molar-refractivity contribution in [1.29, 1.82) is 0 Å². The van der Waals surface area contributed by atoms with E-state index in [0.717, 1.165) is 10.9 Å². The molecule has 6 nitrogen and oxygen atoms in total. The molecule has 0 spiro atoms. The number of benzene rings is 1. The molecule has 1 aromatic carbocycles. The van der Waals surface area contributed by atoms with Crippen molar-refractivity contribution in [1.82, 2.24) is 15.1 Å². The number of aryl methyl sites for hydroxylation is 1. The van der Waals surface area contributed by atoms with Crippen LogP contribution in [0.5, 0.6) is 0 Å². The zero-order chi connectivity index (χ0) is 15.5. The Balaban J connectivity index is 1.61. The van der Waals surface area contributed by atoms with Gasteiger partial charge in [-0.25, -0.2) is 0 Å². The van der Waals surface area contributed by atoms with Crippen LogP contribution in [0.4, 0.5) is 6.01 Å². The predicted molar refractivity (Wildman–Crippen MR) is 85.9 cm³/mol. The molecule has 116 valence electrons. The lowest BCUT2D eigenvalue weighted by molar-refractivity contribution is 0.0745. The number of hydrogen-bond donors (Lipinski definition) is 0. The van der Waals surface area contributed by atoms with Gasteiger partial charge in [-0.2, -0.15) is 0 Å². The van der Waals surface area contributed by atoms with Gasteiger partial charge in [-0.3, -0.25) is 4.79 Å². The zero-order valence-electron chi connectivity index (χ0n) is 12.3. The molecule has 1 saturated heterocycles. The van der Waals surface area contributed by atoms with Gasteiger partial charge in [-0.1, -0.05) is 28.0 Å². The predicted octanol–water partition coefficient (Wildman–Crippen LogP) is 2.36. The molecule has 1 fully saturated rings. The Bertz CT molecular complexity index is 648. The third-order valence-corrected chi connectivity index (χ3v) is 4.22. The molecule has 2 aromatic rings. The summed E-state index contributed by atoms with van der Waals surface area (Å²) in [6.07, 6.45) is 0.731. The second kappa shape index (κ2) is 6.48. The Kier molecular flexibility index (Phi) is 4.42. The van der Waals surface area contributed by atoms with Gasteiger partial charge in [0.05, 0.1) is 0 Å². The number of carbonyl (C=O) groups excluding carboxylic acids is 1. The topological polar surface area (TPSA) is 62.5 Å². The van der Waals surface area contributed by atoms with Gasteiger partial charge in [0, 0.05) is 42.6 Å². The van der Waals surface area contributed by atoms with Crippen molar-refractivity contribution in [2.75, 3.05) is 31.1 Å². The number of piperazine rings is 1. The van der Waals surface area contributed by atoms with Crippen molar-refractivity contribution >= 4 is 27.9 Å². The first-order valence-corrected chi connectivity index (χ1v) is 8.09. The van der Waals surface area contributed by atoms with Gasteiger partial charge < -0.3 is 14.2 Å². The summed E-state index contributed by atoms with van der Waals surface area (Å²) in [4.78, 5) is 16.3. The highest BCUT2D eigenvalue weighted by Crippen LogP contribution is 2.17. The molecule has 0 radical (unpaired) electrons. The van der Waals surface area contributed by atoms with E-state index in [1.54, 1.807) is 0 Å². The van der Waals surface area contributed by atoms with Crippen LogP contribution in [0.1, 0.15) is 23.2 Å². The van der Waals surface area contributed by atoms with E-state index in [0.29, 0.717) is 43.6 Å². The van der Waals surface area contributed by atoms with Gasteiger partial charge in [-0.15, -0.1) is 5.10 Å². The Morgan fingerprint density at radius 3 is 2.45 bits per heavy atom. The number of nitrogens with zero attached hydrogens (tertiary/aromatic N) is 4. The first-order chi connectivity index (χ1) is 10.7. The quantitative estimate of drug-likeness (QED) is 0.836. The highest BCUT2D eigenvalue weighted by Gasteiger charge is 2.24. The maximum absolute atomic E-state index is 12.4. The zero-order valence-corrected chi connectivity index (χ0v) is 13.9. The fourth-order valence-corrected chi connectivity index (χ4v) is 2.66. The lowest BCUT2D eigenvalue weighted by atomic mass is 10.2. The summed E-state index contributed by atoms with van der Waals surface area (Å²) in [6, 6.07) is 7.99. The van der Waals surface area contributed by atoms with Crippen LogP contribution in [0.25, 0.3) is 0 Å². The van der Waals surface area contributed by atoms with Crippen LogP contribution in [0, 0.1) is 0 Å². The third kappa shape index (κ3) is 3.14. The minimum Gasteiger partial charge on any atom is -0.408 e. The second-order valence-electron chi connectivity index (χ2n) is 5.12. The highest BCUT2D eigenvalue weighted by atomic mass is 79.9. The van der Waals surface area contributed by atoms with Crippen LogP contribution in [-0.2, 0) is 6.42 Å². The molecule has 1 aliphatic heterocycles. The number of hydrogen-bond acceptors (Lipinski definition) is 5. The monoisotopic (exact) mass is 364 g/mol. The molecule has 0 N–H and O–H groups in total. The van der Waals surface area contributed by atoms with Gasteiger partial charge in [0.25, 0.3) is 5.91 Å². The molecule has 7 heteroatoms. The van der Waals surface area contributed by atoms with Crippen LogP contribution in [0.3, 0.4) is 0 Å². The summed E-state index contributed by atoms with van der Waals surface area (Å²) >= 11 is 3.38. The van der Waals surface area contributed by atoms with E-state index in [1.807, 2.05) is 41.0 Å². The van der Waals surface area contributed by atoms with Crippen LogP contribution < -0.4 is 4.90 Å². The van der Waals surface area contributed by atoms with Gasteiger partial charge >= 0.3 is 6.01 Å². The van der Waals surface area contributed by atoms with Crippen molar-refractivity contribution in [3.8, 4) is 0 Å². The number of rotatable bonds is 3. The van der Waals surface area contributed by atoms with Crippen LogP contribution >= 0.6 is 15.9 Å². The molecule has 0 unspecified atom stereocenters. The molecular weight excluding hydrogens is 348 g/mol. The van der Waals surface area contributed by atoms with Crippen molar-refractivity contribution in [2.24, 2.45) is 0 Å². The number of aromatic nitrogens is 2. The second-order valence-corrected chi connectivity index (χ2v) is 6.03. The maximum atomic E-state index is 12.4. The number of anilines is 1. The highest BCUT2D eigenvalue weighted by molar-refractivity contribution is 9.10. The van der Waals surface area contributed by atoms with Crippen LogP contribution in [0.15, 0.2) is 33.2 Å². The van der Waals surface area contributed by atoms with Gasteiger partial charge in [0.2, 0.25) is 5.89 Å². The van der Waals surface area contributed by atoms with Crippen molar-refractivity contribution < 1.29 is 9.21 Å². The Morgan fingerprint density at radius 2 is 1.86 bits per heavy atom. The summed E-state index contributed by atoms with van der Waals surface area (Å²) in [5.41, 5.74) is 0.711. The van der Waals surface area contributed by atoms with E-state index in [4.69, 9.17) is 4.42 Å². The van der Waals surface area contributed by atoms with Crippen molar-refractivity contribution in [2.45, 2.75) is 13.3 Å². The fraction of sp³-hybridized carbons (Fsp3) is 0.400. The number of halogens is 1. The molecule has 0 saturated carbocycles. The first-order valence-electron chi connectivity index (χ1n) is 7.29. The molecule has 2 heterocycles. The summed E-state index contributed by atoms with van der Waals surface area (Å²) in [5.74, 6) is 0.704. The summed E-state index contributed by atoms with van der Waals surface area (Å²) in [5, 5.41) is 8.03. The molecule has 3 rings (SSSR count). The summed E-state index contributed by atoms with van der Waals surface area (Å²) in [7, 11) is 0. The minimum atomic E-state index is 0.0620. The molecule has 22 heavy (non-hydrogen) atoms. The Morgan fingerprint density at radius 1 is 1.18 bits per heavy atom. The van der Waals surface area contributed by atoms with Crippen molar-refractivity contribution in [3.05, 3.63) is 40.2 Å². The number of carbonyl (C=O) groups is 1. The fourth-order valence-electron chi connectivity index (χ4n) is 2.39. The van der Waals surface area contributed by atoms with E-state index in [1.165, 1.54) is 0 Å². The van der Waals surface area contributed by atoms with E-state index < -0.39 is 0 Å². The van der Waals surface area contributed by atoms with E-state index in [9.17, 15) is 4.79 Å². The van der Waals surface area contributed by atoms with Gasteiger partial charge in [-0.05, 0) is 24.3 Å². The summed E-state index contributed by atoms with van der Waals surface area (Å²) < 4.78 is 6.53. The summed E-state index contributed by atoms with van der Waals surface area (Å²) in [6.45, 7) is 4.69. The molecule has 0 aliphatic carbocycles. The molecule has 0 bridgehead atoms. The van der Waals surface area contributed by atoms with Crippen LogP contribution in [-0.4, -0.2) is 47.2 Å². The maximum Gasteiger partial charge on any atom is 0.318 e. The molecule has 1 aromatic heterocycles. The molecule has 1 amide bonds. The number of amides is 1. The Labute approximate surface area is 137 Å². The van der Waals surface area contributed by atoms with E-state index >= 15 is 0 Å². The van der Waals surface area contributed by atoms with Crippen LogP contribution in [0.2, 0.25) is 0 Å². The van der Waals surface area contributed by atoms with Gasteiger partial charge in [0.1, 0.15) is 0 Å².